The fourth-order valence-corrected chi connectivity index (χ4v) is 4.81. The molecule has 2 saturated heterocycles. The van der Waals surface area contributed by atoms with E-state index in [0.29, 0.717) is 11.7 Å². The van der Waals surface area contributed by atoms with E-state index in [1.54, 1.807) is 6.07 Å². The van der Waals surface area contributed by atoms with E-state index in [-0.39, 0.29) is 5.91 Å². The van der Waals surface area contributed by atoms with E-state index in [9.17, 15) is 4.79 Å². The van der Waals surface area contributed by atoms with Crippen LogP contribution in [0, 0.1) is 6.92 Å². The van der Waals surface area contributed by atoms with E-state index in [2.05, 4.69) is 38.4 Å². The van der Waals surface area contributed by atoms with E-state index < -0.39 is 0 Å². The first-order chi connectivity index (χ1) is 16.5. The molecule has 0 spiro atoms. The molecule has 2 aliphatic heterocycles. The summed E-state index contributed by atoms with van der Waals surface area (Å²) in [7, 11) is 1.95. The standard InChI is InChI=1S/C26H33N5O3/c1-19-3-4-23(31-13-11-30(12-14-31)18-21-7-10-29(2)28-21)22(17-19)27-26(32)25-6-5-24(34-25)20-8-15-33-16-9-20/h3-7,10,17,20H,8-9,11-16,18H2,1-2H3,(H,27,32). The zero-order chi connectivity index (χ0) is 23.5. The van der Waals surface area contributed by atoms with Crippen molar-refractivity contribution in [1.82, 2.24) is 14.7 Å². The Balaban J connectivity index is 1.24. The molecule has 0 saturated carbocycles. The van der Waals surface area contributed by atoms with Gasteiger partial charge in [0.1, 0.15) is 5.76 Å². The molecule has 34 heavy (non-hydrogen) atoms. The number of nitrogens with one attached hydrogen (secondary N) is 1. The number of hydrogen-bond donors (Lipinski definition) is 1. The number of nitrogens with zero attached hydrogens (tertiary/aromatic N) is 4. The van der Waals surface area contributed by atoms with Gasteiger partial charge in [0.15, 0.2) is 5.76 Å². The molecule has 0 radical (unpaired) electrons. The predicted molar refractivity (Wildman–Crippen MR) is 131 cm³/mol. The van der Waals surface area contributed by atoms with Crippen LogP contribution in [-0.2, 0) is 18.3 Å². The Labute approximate surface area is 200 Å². The Morgan fingerprint density at radius 1 is 1.09 bits per heavy atom. The zero-order valence-corrected chi connectivity index (χ0v) is 20.0. The lowest BCUT2D eigenvalue weighted by molar-refractivity contribution is 0.0799. The third-order valence-electron chi connectivity index (χ3n) is 6.74. The topological polar surface area (TPSA) is 75.8 Å². The van der Waals surface area contributed by atoms with Crippen molar-refractivity contribution in [2.45, 2.75) is 32.2 Å². The largest absolute Gasteiger partial charge is 0.456 e. The van der Waals surface area contributed by atoms with E-state index >= 15 is 0 Å². The van der Waals surface area contributed by atoms with Crippen molar-refractivity contribution < 1.29 is 13.9 Å². The number of carbonyl (C=O) groups is 1. The van der Waals surface area contributed by atoms with Crippen LogP contribution in [0.15, 0.2) is 47.0 Å². The summed E-state index contributed by atoms with van der Waals surface area (Å²) < 4.78 is 13.2. The Morgan fingerprint density at radius 2 is 1.88 bits per heavy atom. The van der Waals surface area contributed by atoms with E-state index in [1.165, 1.54) is 0 Å². The second-order valence-corrected chi connectivity index (χ2v) is 9.31. The number of rotatable bonds is 6. The summed E-state index contributed by atoms with van der Waals surface area (Å²) in [5.74, 6) is 1.35. The van der Waals surface area contributed by atoms with Gasteiger partial charge in [-0.15, -0.1) is 0 Å². The first kappa shape index (κ1) is 22.7. The van der Waals surface area contributed by atoms with Crippen LogP contribution in [0.1, 0.15) is 46.3 Å². The summed E-state index contributed by atoms with van der Waals surface area (Å²) in [6.45, 7) is 8.08. The quantitative estimate of drug-likeness (QED) is 0.600. The average Bonchev–Trinajstić information content (AvgIpc) is 3.50. The molecular formula is C26H33N5O3. The molecule has 1 N–H and O–H groups in total. The molecule has 8 nitrogen and oxygen atoms in total. The number of piperazine rings is 1. The Hall–Kier alpha value is -3.10. The molecular weight excluding hydrogens is 430 g/mol. The number of benzene rings is 1. The van der Waals surface area contributed by atoms with Gasteiger partial charge in [-0.25, -0.2) is 0 Å². The van der Waals surface area contributed by atoms with Crippen LogP contribution in [0.25, 0.3) is 0 Å². The van der Waals surface area contributed by atoms with Crippen molar-refractivity contribution in [3.05, 3.63) is 65.4 Å². The number of furan rings is 1. The predicted octanol–water partition coefficient (Wildman–Crippen LogP) is 3.79. The summed E-state index contributed by atoms with van der Waals surface area (Å²) in [6, 6.07) is 12.0. The van der Waals surface area contributed by atoms with Gasteiger partial charge < -0.3 is 19.4 Å². The number of ether oxygens (including phenoxy) is 1. The van der Waals surface area contributed by atoms with Crippen LogP contribution in [0.2, 0.25) is 0 Å². The van der Waals surface area contributed by atoms with Gasteiger partial charge in [-0.2, -0.15) is 5.10 Å². The number of hydrogen-bond acceptors (Lipinski definition) is 6. The van der Waals surface area contributed by atoms with Crippen LogP contribution >= 0.6 is 0 Å². The van der Waals surface area contributed by atoms with Crippen LogP contribution in [-0.4, -0.2) is 60.0 Å². The van der Waals surface area contributed by atoms with Gasteiger partial charge >= 0.3 is 0 Å². The van der Waals surface area contributed by atoms with Gasteiger partial charge in [0.2, 0.25) is 0 Å². The minimum Gasteiger partial charge on any atom is -0.456 e. The van der Waals surface area contributed by atoms with Crippen LogP contribution < -0.4 is 10.2 Å². The maximum Gasteiger partial charge on any atom is 0.291 e. The lowest BCUT2D eigenvalue weighted by atomic mass is 9.98. The summed E-state index contributed by atoms with van der Waals surface area (Å²) in [6.07, 6.45) is 3.85. The smallest absolute Gasteiger partial charge is 0.291 e. The molecule has 0 bridgehead atoms. The normalized spacial score (nSPS) is 17.8. The van der Waals surface area contributed by atoms with Crippen LogP contribution in [0.4, 0.5) is 11.4 Å². The zero-order valence-electron chi connectivity index (χ0n) is 20.0. The van der Waals surface area contributed by atoms with Gasteiger partial charge in [0.25, 0.3) is 5.91 Å². The second kappa shape index (κ2) is 10.0. The second-order valence-electron chi connectivity index (χ2n) is 9.31. The number of anilines is 2. The average molecular weight is 464 g/mol. The van der Waals surface area contributed by atoms with Gasteiger partial charge in [-0.05, 0) is 55.7 Å². The fourth-order valence-electron chi connectivity index (χ4n) is 4.81. The number of aromatic nitrogens is 2. The summed E-state index contributed by atoms with van der Waals surface area (Å²) >= 11 is 0. The molecule has 1 aromatic carbocycles. The molecule has 2 fully saturated rings. The molecule has 0 aliphatic carbocycles. The van der Waals surface area contributed by atoms with Crippen LogP contribution in [0.3, 0.4) is 0 Å². The first-order valence-corrected chi connectivity index (χ1v) is 12.1. The fraction of sp³-hybridized carbons (Fsp3) is 0.462. The highest BCUT2D eigenvalue weighted by Crippen LogP contribution is 2.31. The molecule has 3 aromatic rings. The van der Waals surface area contributed by atoms with Gasteiger partial charge in [0, 0.05) is 65.1 Å². The summed E-state index contributed by atoms with van der Waals surface area (Å²) in [5, 5.41) is 7.61. The van der Waals surface area contributed by atoms with Crippen molar-refractivity contribution in [2.24, 2.45) is 7.05 Å². The number of carbonyl (C=O) groups excluding carboxylic acids is 1. The highest BCUT2D eigenvalue weighted by atomic mass is 16.5. The molecule has 2 aliphatic rings. The highest BCUT2D eigenvalue weighted by Gasteiger charge is 2.23. The third kappa shape index (κ3) is 5.18. The van der Waals surface area contributed by atoms with Crippen molar-refractivity contribution >= 4 is 17.3 Å². The number of aryl methyl sites for hydroxylation is 2. The Bertz CT molecular complexity index is 1120. The molecule has 8 heteroatoms. The van der Waals surface area contributed by atoms with Gasteiger partial charge in [0.05, 0.1) is 17.1 Å². The van der Waals surface area contributed by atoms with Gasteiger partial charge in [-0.1, -0.05) is 6.07 Å². The monoisotopic (exact) mass is 463 g/mol. The number of amides is 1. The molecule has 180 valence electrons. The minimum atomic E-state index is -0.209. The SMILES string of the molecule is Cc1ccc(N2CCN(Cc3ccn(C)n3)CC2)c(NC(=O)c2ccc(C3CCOCC3)o2)c1. The van der Waals surface area contributed by atoms with E-state index in [1.807, 2.05) is 37.0 Å². The molecule has 2 aromatic heterocycles. The van der Waals surface area contributed by atoms with Crippen LogP contribution in [0.5, 0.6) is 0 Å². The molecule has 5 rings (SSSR count). The maximum atomic E-state index is 13.0. The van der Waals surface area contributed by atoms with E-state index in [0.717, 1.165) is 87.2 Å². The highest BCUT2D eigenvalue weighted by molar-refractivity contribution is 6.04. The van der Waals surface area contributed by atoms with Gasteiger partial charge in [-0.3, -0.25) is 14.4 Å². The maximum absolute atomic E-state index is 13.0. The van der Waals surface area contributed by atoms with E-state index in [4.69, 9.17) is 9.15 Å². The summed E-state index contributed by atoms with van der Waals surface area (Å²) in [5.41, 5.74) is 4.08. The lowest BCUT2D eigenvalue weighted by Crippen LogP contribution is -2.46. The Morgan fingerprint density at radius 3 is 2.62 bits per heavy atom. The van der Waals surface area contributed by atoms with Crippen molar-refractivity contribution in [3.8, 4) is 0 Å². The molecule has 1 amide bonds. The first-order valence-electron chi connectivity index (χ1n) is 12.1. The van der Waals surface area contributed by atoms with Crippen molar-refractivity contribution in [2.75, 3.05) is 49.6 Å². The molecule has 4 heterocycles. The van der Waals surface area contributed by atoms with Crippen molar-refractivity contribution in [1.29, 1.82) is 0 Å². The molecule has 0 atom stereocenters. The van der Waals surface area contributed by atoms with Crippen molar-refractivity contribution in [3.63, 3.8) is 0 Å². The lowest BCUT2D eigenvalue weighted by Gasteiger charge is -2.36. The summed E-state index contributed by atoms with van der Waals surface area (Å²) in [4.78, 5) is 17.8. The Kier molecular flexibility index (Phi) is 6.69. The minimum absolute atomic E-state index is 0.209. The molecule has 0 unspecified atom stereocenters. The third-order valence-corrected chi connectivity index (χ3v) is 6.74.